The minimum atomic E-state index is 0.121. The number of thiazole rings is 1. The molecule has 4 aromatic rings. The lowest BCUT2D eigenvalue weighted by atomic mass is 10.0. The van der Waals surface area contributed by atoms with Gasteiger partial charge in [-0.05, 0) is 66.2 Å². The number of fused-ring (bicyclic) bond motifs is 1. The Labute approximate surface area is 214 Å². The summed E-state index contributed by atoms with van der Waals surface area (Å²) in [5.41, 5.74) is 10.5. The van der Waals surface area contributed by atoms with Crippen molar-refractivity contribution in [2.75, 3.05) is 5.73 Å². The zero-order chi connectivity index (χ0) is 24.8. The van der Waals surface area contributed by atoms with E-state index >= 15 is 0 Å². The predicted octanol–water partition coefficient (Wildman–Crippen LogP) is 8.85. The number of rotatable bonds is 8. The largest absolute Gasteiger partial charge is 0.399 e. The van der Waals surface area contributed by atoms with Crippen LogP contribution in [0.4, 0.5) is 5.69 Å². The molecule has 3 nitrogen and oxygen atoms in total. The van der Waals surface area contributed by atoms with Crippen LogP contribution in [0.2, 0.25) is 0 Å². The second kappa shape index (κ2) is 15.5. The number of para-hydroxylation sites is 1. The van der Waals surface area contributed by atoms with Crippen molar-refractivity contribution in [3.05, 3.63) is 88.9 Å². The Bertz CT molecular complexity index is 1070. The van der Waals surface area contributed by atoms with E-state index < -0.39 is 0 Å². The minimum Gasteiger partial charge on any atom is -0.399 e. The lowest BCUT2D eigenvalue weighted by Crippen LogP contribution is -2.17. The molecule has 0 bridgehead atoms. The molecule has 3 N–H and O–H groups in total. The van der Waals surface area contributed by atoms with Crippen LogP contribution in [-0.2, 0) is 12.8 Å². The van der Waals surface area contributed by atoms with Gasteiger partial charge in [-0.25, -0.2) is 9.71 Å². The number of aromatic nitrogens is 1. The van der Waals surface area contributed by atoms with Gasteiger partial charge in [-0.1, -0.05) is 89.9 Å². The highest BCUT2D eigenvalue weighted by molar-refractivity contribution is 7.97. The van der Waals surface area contributed by atoms with Crippen molar-refractivity contribution in [1.82, 2.24) is 9.71 Å². The molecule has 0 aliphatic rings. The zero-order valence-electron chi connectivity index (χ0n) is 21.2. The fourth-order valence-corrected chi connectivity index (χ4v) is 5.28. The summed E-state index contributed by atoms with van der Waals surface area (Å²) in [4.78, 5) is 6.02. The van der Waals surface area contributed by atoms with Crippen LogP contribution in [0.1, 0.15) is 69.6 Å². The van der Waals surface area contributed by atoms with Gasteiger partial charge < -0.3 is 5.73 Å². The minimum absolute atomic E-state index is 0.121. The molecule has 3 aromatic carbocycles. The van der Waals surface area contributed by atoms with E-state index in [-0.39, 0.29) is 6.04 Å². The van der Waals surface area contributed by atoms with Crippen LogP contribution >= 0.6 is 23.3 Å². The lowest BCUT2D eigenvalue weighted by Gasteiger charge is -2.17. The van der Waals surface area contributed by atoms with Crippen LogP contribution in [-0.4, -0.2) is 4.98 Å². The zero-order valence-corrected chi connectivity index (χ0v) is 22.8. The maximum atomic E-state index is 5.94. The molecule has 1 atom stereocenters. The number of hydrogen-bond donors (Lipinski definition) is 2. The Morgan fingerprint density at radius 3 is 2.32 bits per heavy atom. The number of benzene rings is 3. The van der Waals surface area contributed by atoms with Crippen molar-refractivity contribution in [1.29, 1.82) is 0 Å². The number of nitrogens with two attached hydrogens (primary N) is 1. The van der Waals surface area contributed by atoms with Gasteiger partial charge in [0, 0.05) is 10.6 Å². The molecule has 4 rings (SSSR count). The van der Waals surface area contributed by atoms with Crippen LogP contribution in [0.3, 0.4) is 0 Å². The number of nitrogens with zero attached hydrogens (tertiary/aromatic N) is 1. The summed E-state index contributed by atoms with van der Waals surface area (Å²) < 4.78 is 4.87. The van der Waals surface area contributed by atoms with Crippen molar-refractivity contribution in [2.45, 2.75) is 71.2 Å². The summed E-state index contributed by atoms with van der Waals surface area (Å²) in [6.07, 6.45) is 4.42. The highest BCUT2D eigenvalue weighted by Gasteiger charge is 2.18. The predicted molar refractivity (Wildman–Crippen MR) is 154 cm³/mol. The second-order valence-corrected chi connectivity index (χ2v) is 9.82. The van der Waals surface area contributed by atoms with E-state index in [0.29, 0.717) is 0 Å². The van der Waals surface area contributed by atoms with Gasteiger partial charge in [-0.2, -0.15) is 0 Å². The standard InChI is InChI=1S/C24H25N3S2.C3H8.C2H6/c1-2-7-17-8-5-9-18(14-17)15-22(27-29-20-11-6-10-19(25)16-20)24-26-21-12-3-4-13-23(21)28-24;1-3-2;1-2/h3-6,8-14,16,22,27H,2,7,15,25H2,1H3;3H2,1-2H3;1-2H3. The van der Waals surface area contributed by atoms with Gasteiger partial charge in [-0.3, -0.25) is 0 Å². The first-order valence-electron chi connectivity index (χ1n) is 12.3. The van der Waals surface area contributed by atoms with Crippen LogP contribution < -0.4 is 10.5 Å². The van der Waals surface area contributed by atoms with Crippen molar-refractivity contribution in [3.63, 3.8) is 0 Å². The molecule has 1 aromatic heterocycles. The maximum absolute atomic E-state index is 5.94. The summed E-state index contributed by atoms with van der Waals surface area (Å²) in [5.74, 6) is 0. The number of anilines is 1. The summed E-state index contributed by atoms with van der Waals surface area (Å²) in [6.45, 7) is 10.5. The van der Waals surface area contributed by atoms with Crippen molar-refractivity contribution in [2.24, 2.45) is 0 Å². The van der Waals surface area contributed by atoms with Crippen molar-refractivity contribution < 1.29 is 0 Å². The molecule has 182 valence electrons. The number of nitrogens with one attached hydrogen (secondary N) is 1. The topological polar surface area (TPSA) is 50.9 Å². The molecule has 0 saturated carbocycles. The van der Waals surface area contributed by atoms with Crippen LogP contribution in [0, 0.1) is 0 Å². The third-order valence-electron chi connectivity index (χ3n) is 4.76. The molecule has 0 aliphatic carbocycles. The van der Waals surface area contributed by atoms with E-state index in [9.17, 15) is 0 Å². The second-order valence-electron chi connectivity index (χ2n) is 7.85. The van der Waals surface area contributed by atoms with Gasteiger partial charge in [0.15, 0.2) is 0 Å². The first-order chi connectivity index (χ1) is 16.6. The van der Waals surface area contributed by atoms with Gasteiger partial charge in [-0.15, -0.1) is 11.3 Å². The summed E-state index contributed by atoms with van der Waals surface area (Å²) >= 11 is 3.38. The quantitative estimate of drug-likeness (QED) is 0.190. The fourth-order valence-electron chi connectivity index (χ4n) is 3.37. The molecule has 0 saturated heterocycles. The lowest BCUT2D eigenvalue weighted by molar-refractivity contribution is 0.668. The summed E-state index contributed by atoms with van der Waals surface area (Å²) in [7, 11) is 0. The van der Waals surface area contributed by atoms with Crippen LogP contribution in [0.5, 0.6) is 0 Å². The maximum Gasteiger partial charge on any atom is 0.112 e. The average Bonchev–Trinajstić information content (AvgIpc) is 3.28. The van der Waals surface area contributed by atoms with Crippen molar-refractivity contribution >= 4 is 39.2 Å². The monoisotopic (exact) mass is 493 g/mol. The number of aryl methyl sites for hydroxylation is 1. The molecule has 5 heteroatoms. The highest BCUT2D eigenvalue weighted by atomic mass is 32.2. The van der Waals surface area contributed by atoms with Crippen LogP contribution in [0.25, 0.3) is 10.2 Å². The van der Waals surface area contributed by atoms with Crippen LogP contribution in [0.15, 0.2) is 77.7 Å². The Balaban J connectivity index is 0.000000758. The highest BCUT2D eigenvalue weighted by Crippen LogP contribution is 2.31. The van der Waals surface area contributed by atoms with Gasteiger partial charge in [0.05, 0.1) is 16.3 Å². The molecule has 0 amide bonds. The molecule has 0 spiro atoms. The fraction of sp³-hybridized carbons (Fsp3) is 0.345. The van der Waals surface area contributed by atoms with E-state index in [4.69, 9.17) is 10.7 Å². The number of hydrogen-bond acceptors (Lipinski definition) is 5. The van der Waals surface area contributed by atoms with Gasteiger partial charge in [0.2, 0.25) is 0 Å². The third kappa shape index (κ3) is 8.79. The third-order valence-corrected chi connectivity index (χ3v) is 6.80. The Hall–Kier alpha value is -2.34. The van der Waals surface area contributed by atoms with E-state index in [2.05, 4.69) is 74.0 Å². The van der Waals surface area contributed by atoms with E-state index in [1.165, 1.54) is 22.2 Å². The smallest absolute Gasteiger partial charge is 0.112 e. The summed E-state index contributed by atoms with van der Waals surface area (Å²) in [5, 5.41) is 1.11. The Morgan fingerprint density at radius 1 is 0.912 bits per heavy atom. The average molecular weight is 494 g/mol. The first kappa shape index (κ1) is 27.9. The molecule has 0 fully saturated rings. The van der Waals surface area contributed by atoms with Gasteiger partial charge in [0.1, 0.15) is 5.01 Å². The first-order valence-corrected chi connectivity index (χ1v) is 14.0. The van der Waals surface area contributed by atoms with Gasteiger partial charge >= 0.3 is 0 Å². The number of nitrogen functional groups attached to an aromatic ring is 1. The normalized spacial score (nSPS) is 11.2. The van der Waals surface area contributed by atoms with E-state index in [1.54, 1.807) is 23.3 Å². The van der Waals surface area contributed by atoms with Crippen molar-refractivity contribution in [3.8, 4) is 0 Å². The van der Waals surface area contributed by atoms with E-state index in [1.807, 2.05) is 38.1 Å². The summed E-state index contributed by atoms with van der Waals surface area (Å²) in [6, 6.07) is 25.4. The molecular weight excluding hydrogens is 454 g/mol. The molecular formula is C29H39N3S2. The molecule has 0 radical (unpaired) electrons. The van der Waals surface area contributed by atoms with Gasteiger partial charge in [0.25, 0.3) is 0 Å². The molecule has 0 aliphatic heterocycles. The Kier molecular flexibility index (Phi) is 12.8. The Morgan fingerprint density at radius 2 is 1.62 bits per heavy atom. The molecule has 34 heavy (non-hydrogen) atoms. The molecule has 1 unspecified atom stereocenters. The SMILES string of the molecule is CC.CCC.CCCc1cccc(CC(NSc2cccc(N)c2)c2nc3ccccc3s2)c1. The van der Waals surface area contributed by atoms with E-state index in [0.717, 1.165) is 40.4 Å². The molecule has 1 heterocycles.